The highest BCUT2D eigenvalue weighted by Gasteiger charge is 2.33. The first-order chi connectivity index (χ1) is 18.5. The molecule has 39 heavy (non-hydrogen) atoms. The van der Waals surface area contributed by atoms with E-state index in [0.29, 0.717) is 6.42 Å². The van der Waals surface area contributed by atoms with E-state index >= 15 is 0 Å². The minimum atomic E-state index is -3.91. The molecule has 0 saturated carbocycles. The van der Waals surface area contributed by atoms with Crippen LogP contribution < -0.4 is 5.32 Å². The summed E-state index contributed by atoms with van der Waals surface area (Å²) in [5.41, 5.74) is 3.74. The third-order valence-corrected chi connectivity index (χ3v) is 8.61. The number of carbonyl (C=O) groups excluding carboxylic acids is 2. The molecule has 3 aromatic rings. The van der Waals surface area contributed by atoms with Gasteiger partial charge in [0.05, 0.1) is 11.4 Å². The Bertz CT molecular complexity index is 1360. The molecule has 208 valence electrons. The highest BCUT2D eigenvalue weighted by molar-refractivity contribution is 7.89. The average molecular weight is 550 g/mol. The smallest absolute Gasteiger partial charge is 0.243 e. The maximum absolute atomic E-state index is 13.9. The Balaban J connectivity index is 1.98. The summed E-state index contributed by atoms with van der Waals surface area (Å²) in [6.45, 7) is 7.52. The lowest BCUT2D eigenvalue weighted by molar-refractivity contribution is -0.141. The van der Waals surface area contributed by atoms with Crippen LogP contribution in [-0.4, -0.2) is 55.1 Å². The Morgan fingerprint density at radius 3 is 2.13 bits per heavy atom. The van der Waals surface area contributed by atoms with Crippen molar-refractivity contribution < 1.29 is 18.0 Å². The van der Waals surface area contributed by atoms with E-state index in [2.05, 4.69) is 5.32 Å². The summed E-state index contributed by atoms with van der Waals surface area (Å²) in [7, 11) is -2.51. The molecule has 0 heterocycles. The van der Waals surface area contributed by atoms with Gasteiger partial charge in [0, 0.05) is 26.1 Å². The fraction of sp³-hybridized carbons (Fsp3) is 0.355. The second kappa shape index (κ2) is 13.5. The van der Waals surface area contributed by atoms with E-state index in [0.717, 1.165) is 33.0 Å². The third-order valence-electron chi connectivity index (χ3n) is 6.79. The molecule has 0 aliphatic heterocycles. The molecule has 0 aliphatic rings. The molecule has 2 amide bonds. The monoisotopic (exact) mass is 549 g/mol. The molecule has 0 bridgehead atoms. The number of likely N-dealkylation sites (N-methyl/N-ethyl adjacent to an activating group) is 1. The summed E-state index contributed by atoms with van der Waals surface area (Å²) in [5, 5.41) is 3.03. The second-order valence-corrected chi connectivity index (χ2v) is 12.2. The lowest BCUT2D eigenvalue weighted by Gasteiger charge is -2.33. The van der Waals surface area contributed by atoms with E-state index in [-0.39, 0.29) is 23.4 Å². The van der Waals surface area contributed by atoms with Gasteiger partial charge in [-0.1, -0.05) is 84.8 Å². The number of benzene rings is 3. The molecule has 0 aromatic heterocycles. The van der Waals surface area contributed by atoms with Crippen LogP contribution in [0.5, 0.6) is 0 Å². The summed E-state index contributed by atoms with van der Waals surface area (Å²) < 4.78 is 27.6. The van der Waals surface area contributed by atoms with Gasteiger partial charge in [-0.05, 0) is 50.5 Å². The van der Waals surface area contributed by atoms with Crippen LogP contribution in [0.3, 0.4) is 0 Å². The van der Waals surface area contributed by atoms with E-state index < -0.39 is 28.5 Å². The molecule has 0 fully saturated rings. The minimum absolute atomic E-state index is 0.0729. The zero-order chi connectivity index (χ0) is 28.6. The van der Waals surface area contributed by atoms with Crippen molar-refractivity contribution in [1.82, 2.24) is 14.5 Å². The third kappa shape index (κ3) is 8.25. The normalized spacial score (nSPS) is 13.1. The standard InChI is InChI=1S/C31H39N3O4S/c1-6-25(4)32-31(36)29(20-26-12-8-7-9-13-26)34(21-27-14-10-11-24(3)19-27)30(35)22-33(5)39(37,38)28-17-15-23(2)16-18-28/h7-19,25,29H,6,20-22H2,1-5H3,(H,32,36)/t25-,29-/m1/s1. The Labute approximate surface area is 232 Å². The zero-order valence-electron chi connectivity index (χ0n) is 23.4. The number of sulfonamides is 1. The first kappa shape index (κ1) is 30.1. The van der Waals surface area contributed by atoms with Crippen LogP contribution in [0.2, 0.25) is 0 Å². The van der Waals surface area contributed by atoms with Crippen LogP contribution in [0.4, 0.5) is 0 Å². The topological polar surface area (TPSA) is 86.8 Å². The van der Waals surface area contributed by atoms with E-state index in [1.165, 1.54) is 24.1 Å². The van der Waals surface area contributed by atoms with Crippen LogP contribution in [-0.2, 0) is 32.6 Å². The van der Waals surface area contributed by atoms with Crippen molar-refractivity contribution in [1.29, 1.82) is 0 Å². The van der Waals surface area contributed by atoms with Crippen molar-refractivity contribution in [3.8, 4) is 0 Å². The Morgan fingerprint density at radius 2 is 1.51 bits per heavy atom. The molecule has 0 aliphatic carbocycles. The maximum Gasteiger partial charge on any atom is 0.243 e. The molecule has 2 atom stereocenters. The molecule has 0 radical (unpaired) electrons. The highest BCUT2D eigenvalue weighted by Crippen LogP contribution is 2.19. The van der Waals surface area contributed by atoms with Gasteiger partial charge in [-0.3, -0.25) is 9.59 Å². The van der Waals surface area contributed by atoms with E-state index in [4.69, 9.17) is 0 Å². The van der Waals surface area contributed by atoms with Crippen LogP contribution in [0.1, 0.15) is 42.5 Å². The predicted molar refractivity (Wildman–Crippen MR) is 155 cm³/mol. The minimum Gasteiger partial charge on any atom is -0.352 e. The van der Waals surface area contributed by atoms with Crippen LogP contribution in [0.15, 0.2) is 83.8 Å². The van der Waals surface area contributed by atoms with Crippen molar-refractivity contribution >= 4 is 21.8 Å². The van der Waals surface area contributed by atoms with Crippen molar-refractivity contribution in [3.05, 3.63) is 101 Å². The molecular weight excluding hydrogens is 510 g/mol. The molecule has 7 nitrogen and oxygen atoms in total. The number of rotatable bonds is 12. The van der Waals surface area contributed by atoms with Gasteiger partial charge in [-0.15, -0.1) is 0 Å². The van der Waals surface area contributed by atoms with E-state index in [1.807, 2.05) is 82.3 Å². The first-order valence-electron chi connectivity index (χ1n) is 13.2. The number of hydrogen-bond acceptors (Lipinski definition) is 4. The zero-order valence-corrected chi connectivity index (χ0v) is 24.2. The molecule has 0 saturated heterocycles. The predicted octanol–water partition coefficient (Wildman–Crippen LogP) is 4.48. The van der Waals surface area contributed by atoms with E-state index in [9.17, 15) is 18.0 Å². The highest BCUT2D eigenvalue weighted by atomic mass is 32.2. The number of nitrogens with zero attached hydrogens (tertiary/aromatic N) is 2. The number of nitrogens with one attached hydrogen (secondary N) is 1. The van der Waals surface area contributed by atoms with Gasteiger partial charge in [0.2, 0.25) is 21.8 Å². The van der Waals surface area contributed by atoms with Crippen LogP contribution in [0.25, 0.3) is 0 Å². The fourth-order valence-electron chi connectivity index (χ4n) is 4.26. The number of hydrogen-bond donors (Lipinski definition) is 1. The summed E-state index contributed by atoms with van der Waals surface area (Å²) in [6.07, 6.45) is 1.04. The molecular formula is C31H39N3O4S. The summed E-state index contributed by atoms with van der Waals surface area (Å²) in [6, 6.07) is 22.9. The van der Waals surface area contributed by atoms with Gasteiger partial charge in [-0.25, -0.2) is 8.42 Å². The van der Waals surface area contributed by atoms with E-state index in [1.54, 1.807) is 12.1 Å². The van der Waals surface area contributed by atoms with Gasteiger partial charge in [0.15, 0.2) is 0 Å². The van der Waals surface area contributed by atoms with Gasteiger partial charge in [0.1, 0.15) is 6.04 Å². The fourth-order valence-corrected chi connectivity index (χ4v) is 5.38. The van der Waals surface area contributed by atoms with Crippen molar-refractivity contribution in [3.63, 3.8) is 0 Å². The van der Waals surface area contributed by atoms with Crippen molar-refractivity contribution in [2.24, 2.45) is 0 Å². The van der Waals surface area contributed by atoms with Crippen molar-refractivity contribution in [2.45, 2.75) is 64.1 Å². The van der Waals surface area contributed by atoms with Gasteiger partial charge in [-0.2, -0.15) is 4.31 Å². The molecule has 3 aromatic carbocycles. The summed E-state index contributed by atoms with van der Waals surface area (Å²) in [5.74, 6) is -0.715. The lowest BCUT2D eigenvalue weighted by atomic mass is 10.0. The molecule has 3 rings (SSSR count). The second-order valence-electron chi connectivity index (χ2n) is 10.1. The largest absolute Gasteiger partial charge is 0.352 e. The first-order valence-corrected chi connectivity index (χ1v) is 14.7. The van der Waals surface area contributed by atoms with Crippen LogP contribution in [0, 0.1) is 13.8 Å². The Kier molecular flexibility index (Phi) is 10.4. The average Bonchev–Trinajstić information content (AvgIpc) is 2.91. The molecule has 8 heteroatoms. The summed E-state index contributed by atoms with van der Waals surface area (Å²) in [4.78, 5) is 29.2. The molecule has 0 spiro atoms. The SMILES string of the molecule is CC[C@@H](C)NC(=O)[C@@H](Cc1ccccc1)N(Cc1cccc(C)c1)C(=O)CN(C)S(=O)(=O)c1ccc(C)cc1. The quantitative estimate of drug-likeness (QED) is 0.361. The maximum atomic E-state index is 13.9. The molecule has 1 N–H and O–H groups in total. The van der Waals surface area contributed by atoms with Crippen LogP contribution >= 0.6 is 0 Å². The van der Waals surface area contributed by atoms with Gasteiger partial charge in [0.25, 0.3) is 0 Å². The number of carbonyl (C=O) groups is 2. The molecule has 0 unspecified atom stereocenters. The summed E-state index contributed by atoms with van der Waals surface area (Å²) >= 11 is 0. The number of amides is 2. The van der Waals surface area contributed by atoms with Crippen molar-refractivity contribution in [2.75, 3.05) is 13.6 Å². The van der Waals surface area contributed by atoms with Gasteiger partial charge < -0.3 is 10.2 Å². The lowest BCUT2D eigenvalue weighted by Crippen LogP contribution is -2.54. The Morgan fingerprint density at radius 1 is 0.872 bits per heavy atom. The Hall–Kier alpha value is -3.49. The number of aryl methyl sites for hydroxylation is 2. The van der Waals surface area contributed by atoms with Gasteiger partial charge >= 0.3 is 0 Å².